The zero-order valence-corrected chi connectivity index (χ0v) is 14.2. The van der Waals surface area contributed by atoms with E-state index >= 15 is 0 Å². The number of benzene rings is 1. The molecule has 0 saturated carbocycles. The van der Waals surface area contributed by atoms with E-state index in [9.17, 15) is 0 Å². The van der Waals surface area contributed by atoms with Crippen molar-refractivity contribution < 1.29 is 0 Å². The number of nitrogens with two attached hydrogens (primary N) is 1. The van der Waals surface area contributed by atoms with Crippen LogP contribution in [0.5, 0.6) is 0 Å². The first-order chi connectivity index (χ1) is 9.01. The number of nitrogens with zero attached hydrogens (tertiary/aromatic N) is 1. The molecule has 0 bridgehead atoms. The number of hydrogen-bond acceptors (Lipinski definition) is 2. The lowest BCUT2D eigenvalue weighted by molar-refractivity contribution is 0.595. The van der Waals surface area contributed by atoms with E-state index in [1.54, 1.807) is 0 Å². The minimum atomic E-state index is 0.0658. The molecule has 0 aliphatic carbocycles. The number of hydrogen-bond donors (Lipinski definition) is 1. The highest BCUT2D eigenvalue weighted by Crippen LogP contribution is 2.29. The molecule has 0 aromatic heterocycles. The molecule has 1 unspecified atom stereocenters. The van der Waals surface area contributed by atoms with Crippen LogP contribution >= 0.6 is 15.9 Å². The lowest BCUT2D eigenvalue weighted by Gasteiger charge is -2.31. The van der Waals surface area contributed by atoms with Crippen molar-refractivity contribution in [1.29, 1.82) is 0 Å². The number of anilines is 1. The number of unbranched alkanes of at least 4 members (excludes halogenated alkanes) is 1. The van der Waals surface area contributed by atoms with Gasteiger partial charge in [0.05, 0.1) is 0 Å². The molecule has 2 nitrogen and oxygen atoms in total. The van der Waals surface area contributed by atoms with E-state index in [0.717, 1.165) is 17.4 Å². The number of halogens is 1. The van der Waals surface area contributed by atoms with Crippen LogP contribution in [0.3, 0.4) is 0 Å². The van der Waals surface area contributed by atoms with Crippen LogP contribution in [0.1, 0.15) is 58.6 Å². The standard InChI is InChI=1S/C16H27BrN2/c1-5-7-10-19(12(3)6-2)14-8-9-15(13(4)18)16(17)11-14/h8-9,11-13H,5-7,10,18H2,1-4H3/t12?,13-/m0/s1. The van der Waals surface area contributed by atoms with Crippen molar-refractivity contribution in [2.45, 2.75) is 59.0 Å². The third kappa shape index (κ3) is 4.50. The maximum atomic E-state index is 5.96. The highest BCUT2D eigenvalue weighted by atomic mass is 79.9. The molecule has 0 spiro atoms. The Balaban J connectivity index is 2.99. The Morgan fingerprint density at radius 3 is 2.42 bits per heavy atom. The van der Waals surface area contributed by atoms with Crippen LogP contribution in [0.4, 0.5) is 5.69 Å². The molecule has 0 amide bonds. The van der Waals surface area contributed by atoms with E-state index in [4.69, 9.17) is 5.73 Å². The smallest absolute Gasteiger partial charge is 0.0380 e. The molecule has 3 heteroatoms. The molecule has 1 rings (SSSR count). The normalized spacial score (nSPS) is 14.2. The van der Waals surface area contributed by atoms with Gasteiger partial charge < -0.3 is 10.6 Å². The second-order valence-corrected chi connectivity index (χ2v) is 6.15. The maximum Gasteiger partial charge on any atom is 0.0380 e. The Labute approximate surface area is 126 Å². The average molecular weight is 327 g/mol. The molecule has 1 aromatic rings. The molecule has 0 radical (unpaired) electrons. The van der Waals surface area contributed by atoms with Gasteiger partial charge in [0.25, 0.3) is 0 Å². The van der Waals surface area contributed by atoms with Crippen LogP contribution in [0.2, 0.25) is 0 Å². The van der Waals surface area contributed by atoms with E-state index in [1.165, 1.54) is 24.1 Å². The minimum absolute atomic E-state index is 0.0658. The molecule has 0 fully saturated rings. The van der Waals surface area contributed by atoms with Crippen molar-refractivity contribution in [3.63, 3.8) is 0 Å². The van der Waals surface area contributed by atoms with Crippen molar-refractivity contribution in [2.24, 2.45) is 5.73 Å². The second-order valence-electron chi connectivity index (χ2n) is 5.30. The molecular formula is C16H27BrN2. The minimum Gasteiger partial charge on any atom is -0.369 e. The summed E-state index contributed by atoms with van der Waals surface area (Å²) in [5.74, 6) is 0. The van der Waals surface area contributed by atoms with Crippen LogP contribution in [-0.4, -0.2) is 12.6 Å². The van der Waals surface area contributed by atoms with E-state index in [1.807, 2.05) is 6.92 Å². The molecule has 2 atom stereocenters. The first-order valence-electron chi connectivity index (χ1n) is 7.32. The Morgan fingerprint density at radius 1 is 1.26 bits per heavy atom. The molecule has 19 heavy (non-hydrogen) atoms. The molecule has 108 valence electrons. The van der Waals surface area contributed by atoms with Gasteiger partial charge in [-0.2, -0.15) is 0 Å². The van der Waals surface area contributed by atoms with E-state index < -0.39 is 0 Å². The van der Waals surface area contributed by atoms with Crippen molar-refractivity contribution in [2.75, 3.05) is 11.4 Å². The van der Waals surface area contributed by atoms with Gasteiger partial charge in [-0.1, -0.05) is 42.3 Å². The Hall–Kier alpha value is -0.540. The molecular weight excluding hydrogens is 300 g/mol. The van der Waals surface area contributed by atoms with Crippen LogP contribution in [0, 0.1) is 0 Å². The van der Waals surface area contributed by atoms with E-state index in [0.29, 0.717) is 6.04 Å². The van der Waals surface area contributed by atoms with Gasteiger partial charge >= 0.3 is 0 Å². The van der Waals surface area contributed by atoms with E-state index in [-0.39, 0.29) is 6.04 Å². The van der Waals surface area contributed by atoms with Gasteiger partial charge in [0, 0.05) is 28.8 Å². The number of rotatable bonds is 7. The monoisotopic (exact) mass is 326 g/mol. The van der Waals surface area contributed by atoms with Gasteiger partial charge in [-0.3, -0.25) is 0 Å². The van der Waals surface area contributed by atoms with Crippen LogP contribution in [-0.2, 0) is 0 Å². The molecule has 2 N–H and O–H groups in total. The molecule has 1 aromatic carbocycles. The molecule has 0 heterocycles. The fourth-order valence-electron chi connectivity index (χ4n) is 2.22. The van der Waals surface area contributed by atoms with Crippen LogP contribution in [0.25, 0.3) is 0 Å². The van der Waals surface area contributed by atoms with Crippen molar-refractivity contribution in [1.82, 2.24) is 0 Å². The summed E-state index contributed by atoms with van der Waals surface area (Å²) in [4.78, 5) is 2.50. The topological polar surface area (TPSA) is 29.3 Å². The zero-order chi connectivity index (χ0) is 14.4. The molecule has 0 aliphatic rings. The predicted octanol–water partition coefficient (Wildman–Crippen LogP) is 4.87. The summed E-state index contributed by atoms with van der Waals surface area (Å²) < 4.78 is 1.12. The van der Waals surface area contributed by atoms with Gasteiger partial charge in [0.2, 0.25) is 0 Å². The van der Waals surface area contributed by atoms with Gasteiger partial charge in [-0.05, 0) is 44.4 Å². The fourth-order valence-corrected chi connectivity index (χ4v) is 2.94. The third-order valence-corrected chi connectivity index (χ3v) is 4.37. The largest absolute Gasteiger partial charge is 0.369 e. The van der Waals surface area contributed by atoms with Crippen LogP contribution in [0.15, 0.2) is 22.7 Å². The second kappa shape index (κ2) is 7.91. The summed E-state index contributed by atoms with van der Waals surface area (Å²) in [5, 5.41) is 0. The predicted molar refractivity (Wildman–Crippen MR) is 88.8 cm³/mol. The summed E-state index contributed by atoms with van der Waals surface area (Å²) in [6, 6.07) is 7.19. The highest BCUT2D eigenvalue weighted by molar-refractivity contribution is 9.10. The van der Waals surface area contributed by atoms with Crippen molar-refractivity contribution >= 4 is 21.6 Å². The molecule has 0 aliphatic heterocycles. The Morgan fingerprint density at radius 2 is 1.95 bits per heavy atom. The lowest BCUT2D eigenvalue weighted by Crippen LogP contribution is -2.33. The highest BCUT2D eigenvalue weighted by Gasteiger charge is 2.14. The summed E-state index contributed by atoms with van der Waals surface area (Å²) in [5.41, 5.74) is 8.42. The zero-order valence-electron chi connectivity index (χ0n) is 12.6. The van der Waals surface area contributed by atoms with E-state index in [2.05, 4.69) is 59.8 Å². The average Bonchev–Trinajstić information content (AvgIpc) is 2.38. The summed E-state index contributed by atoms with van der Waals surface area (Å²) in [6.45, 7) is 9.92. The Bertz CT molecular complexity index is 390. The van der Waals surface area contributed by atoms with Crippen molar-refractivity contribution in [3.05, 3.63) is 28.2 Å². The van der Waals surface area contributed by atoms with Crippen LogP contribution < -0.4 is 10.6 Å². The third-order valence-electron chi connectivity index (χ3n) is 3.68. The van der Waals surface area contributed by atoms with Gasteiger partial charge in [-0.25, -0.2) is 0 Å². The first-order valence-corrected chi connectivity index (χ1v) is 8.12. The van der Waals surface area contributed by atoms with Gasteiger partial charge in [0.15, 0.2) is 0 Å². The Kier molecular flexibility index (Phi) is 6.87. The summed E-state index contributed by atoms with van der Waals surface area (Å²) >= 11 is 3.65. The summed E-state index contributed by atoms with van der Waals surface area (Å²) in [7, 11) is 0. The molecule has 0 saturated heterocycles. The SMILES string of the molecule is CCCCN(c1ccc([C@H](C)N)c(Br)c1)C(C)CC. The lowest BCUT2D eigenvalue weighted by atomic mass is 10.1. The maximum absolute atomic E-state index is 5.96. The van der Waals surface area contributed by atoms with Crippen molar-refractivity contribution in [3.8, 4) is 0 Å². The first kappa shape index (κ1) is 16.5. The van der Waals surface area contributed by atoms with Gasteiger partial charge in [0.1, 0.15) is 0 Å². The summed E-state index contributed by atoms with van der Waals surface area (Å²) in [6.07, 6.45) is 3.62. The van der Waals surface area contributed by atoms with Gasteiger partial charge in [-0.15, -0.1) is 0 Å². The quantitative estimate of drug-likeness (QED) is 0.774. The fraction of sp³-hybridized carbons (Fsp3) is 0.625.